The number of ether oxygens (including phenoxy) is 2. The number of hydrogen-bond donors (Lipinski definition) is 0. The lowest BCUT2D eigenvalue weighted by atomic mass is 10.2. The molecule has 0 aromatic carbocycles. The minimum atomic E-state index is -0.185. The van der Waals surface area contributed by atoms with Crippen LogP contribution in [-0.4, -0.2) is 24.3 Å². The van der Waals surface area contributed by atoms with Crippen LogP contribution in [-0.2, 0) is 14.3 Å². The zero-order valence-corrected chi connectivity index (χ0v) is 10.6. The maximum absolute atomic E-state index is 11.2. The second-order valence-corrected chi connectivity index (χ2v) is 4.83. The van der Waals surface area contributed by atoms with Crippen molar-refractivity contribution in [2.24, 2.45) is 0 Å². The van der Waals surface area contributed by atoms with Gasteiger partial charge in [0.2, 0.25) is 0 Å². The van der Waals surface area contributed by atoms with E-state index < -0.39 is 0 Å². The lowest BCUT2D eigenvalue weighted by Crippen LogP contribution is -2.29. The molecular formula is C12H24O3. The van der Waals surface area contributed by atoms with E-state index in [0.29, 0.717) is 13.0 Å². The van der Waals surface area contributed by atoms with E-state index in [1.165, 1.54) is 0 Å². The third-order valence-corrected chi connectivity index (χ3v) is 1.77. The second kappa shape index (κ2) is 6.83. The van der Waals surface area contributed by atoms with Crippen LogP contribution in [0.5, 0.6) is 0 Å². The smallest absolute Gasteiger partial charge is 0.305 e. The molecule has 0 saturated heterocycles. The van der Waals surface area contributed by atoms with E-state index in [2.05, 4.69) is 6.92 Å². The first-order chi connectivity index (χ1) is 6.85. The van der Waals surface area contributed by atoms with Gasteiger partial charge in [0, 0.05) is 6.42 Å². The highest BCUT2D eigenvalue weighted by Crippen LogP contribution is 2.11. The Labute approximate surface area is 93.1 Å². The van der Waals surface area contributed by atoms with Crippen molar-refractivity contribution in [1.82, 2.24) is 0 Å². The predicted molar refractivity (Wildman–Crippen MR) is 60.8 cm³/mol. The standard InChI is InChI=1S/C12H24O3/c1-6-7-8-11(13)14-9-10(2)15-12(3,4)5/h10H,6-9H2,1-5H3. The van der Waals surface area contributed by atoms with Gasteiger partial charge >= 0.3 is 5.97 Å². The van der Waals surface area contributed by atoms with Crippen LogP contribution in [0.3, 0.4) is 0 Å². The summed E-state index contributed by atoms with van der Waals surface area (Å²) in [6.07, 6.45) is 2.38. The Morgan fingerprint density at radius 3 is 2.40 bits per heavy atom. The van der Waals surface area contributed by atoms with E-state index >= 15 is 0 Å². The molecule has 0 aliphatic heterocycles. The summed E-state index contributed by atoms with van der Waals surface area (Å²) in [5, 5.41) is 0. The molecule has 90 valence electrons. The Hall–Kier alpha value is -0.570. The van der Waals surface area contributed by atoms with Gasteiger partial charge in [-0.15, -0.1) is 0 Å². The average Bonchev–Trinajstić information content (AvgIpc) is 2.08. The van der Waals surface area contributed by atoms with Crippen molar-refractivity contribution in [3.8, 4) is 0 Å². The molecule has 0 rings (SSSR count). The number of esters is 1. The lowest BCUT2D eigenvalue weighted by molar-refractivity contribution is -0.151. The quantitative estimate of drug-likeness (QED) is 0.640. The van der Waals surface area contributed by atoms with Crippen molar-refractivity contribution in [2.45, 2.75) is 65.6 Å². The first kappa shape index (κ1) is 14.4. The summed E-state index contributed by atoms with van der Waals surface area (Å²) in [5.74, 6) is -0.124. The third-order valence-electron chi connectivity index (χ3n) is 1.77. The molecule has 0 N–H and O–H groups in total. The van der Waals surface area contributed by atoms with Gasteiger partial charge in [-0.1, -0.05) is 13.3 Å². The Kier molecular flexibility index (Phi) is 6.57. The van der Waals surface area contributed by atoms with Gasteiger partial charge in [0.1, 0.15) is 6.61 Å². The predicted octanol–water partition coefficient (Wildman–Crippen LogP) is 2.92. The van der Waals surface area contributed by atoms with Crippen LogP contribution in [0.1, 0.15) is 53.9 Å². The van der Waals surface area contributed by atoms with Crippen LogP contribution < -0.4 is 0 Å². The van der Waals surface area contributed by atoms with Gasteiger partial charge in [0.05, 0.1) is 11.7 Å². The molecule has 0 heterocycles. The summed E-state index contributed by atoms with van der Waals surface area (Å²) in [4.78, 5) is 11.2. The maximum atomic E-state index is 11.2. The summed E-state index contributed by atoms with van der Waals surface area (Å²) >= 11 is 0. The topological polar surface area (TPSA) is 35.5 Å². The molecule has 0 saturated carbocycles. The van der Waals surface area contributed by atoms with Gasteiger partial charge in [0.25, 0.3) is 0 Å². The van der Waals surface area contributed by atoms with E-state index in [9.17, 15) is 4.79 Å². The van der Waals surface area contributed by atoms with Crippen LogP contribution in [0.25, 0.3) is 0 Å². The molecule has 0 bridgehead atoms. The molecular weight excluding hydrogens is 192 g/mol. The molecule has 0 aliphatic carbocycles. The monoisotopic (exact) mass is 216 g/mol. The number of unbranched alkanes of at least 4 members (excludes halogenated alkanes) is 1. The second-order valence-electron chi connectivity index (χ2n) is 4.83. The molecule has 1 atom stereocenters. The lowest BCUT2D eigenvalue weighted by Gasteiger charge is -2.24. The largest absolute Gasteiger partial charge is 0.463 e. The van der Waals surface area contributed by atoms with Crippen molar-refractivity contribution in [3.63, 3.8) is 0 Å². The van der Waals surface area contributed by atoms with Crippen molar-refractivity contribution in [3.05, 3.63) is 0 Å². The van der Waals surface area contributed by atoms with E-state index in [1.807, 2.05) is 27.7 Å². The third kappa shape index (κ3) is 9.73. The fourth-order valence-electron chi connectivity index (χ4n) is 1.24. The highest BCUT2D eigenvalue weighted by molar-refractivity contribution is 5.69. The van der Waals surface area contributed by atoms with Gasteiger partial charge in [-0.25, -0.2) is 0 Å². The molecule has 3 heteroatoms. The fraction of sp³-hybridized carbons (Fsp3) is 0.917. The average molecular weight is 216 g/mol. The molecule has 0 aliphatic rings. The summed E-state index contributed by atoms with van der Waals surface area (Å²) < 4.78 is 10.7. The van der Waals surface area contributed by atoms with Crippen molar-refractivity contribution in [1.29, 1.82) is 0 Å². The number of hydrogen-bond acceptors (Lipinski definition) is 3. The van der Waals surface area contributed by atoms with Crippen molar-refractivity contribution < 1.29 is 14.3 Å². The molecule has 0 aromatic rings. The van der Waals surface area contributed by atoms with Crippen LogP contribution in [0, 0.1) is 0 Å². The van der Waals surface area contributed by atoms with Crippen LogP contribution in [0.4, 0.5) is 0 Å². The Morgan fingerprint density at radius 2 is 1.93 bits per heavy atom. The Morgan fingerprint density at radius 1 is 1.33 bits per heavy atom. The molecule has 0 aromatic heterocycles. The van der Waals surface area contributed by atoms with Gasteiger partial charge in [0.15, 0.2) is 0 Å². The maximum Gasteiger partial charge on any atom is 0.305 e. The first-order valence-corrected chi connectivity index (χ1v) is 5.68. The highest BCUT2D eigenvalue weighted by Gasteiger charge is 2.16. The van der Waals surface area contributed by atoms with Crippen LogP contribution in [0.15, 0.2) is 0 Å². The minimum Gasteiger partial charge on any atom is -0.463 e. The Balaban J connectivity index is 3.62. The zero-order chi connectivity index (χ0) is 11.9. The van der Waals surface area contributed by atoms with Gasteiger partial charge in [-0.05, 0) is 34.1 Å². The molecule has 0 radical (unpaired) electrons. The van der Waals surface area contributed by atoms with Crippen molar-refractivity contribution >= 4 is 5.97 Å². The molecule has 1 unspecified atom stereocenters. The molecule has 0 spiro atoms. The van der Waals surface area contributed by atoms with Crippen LogP contribution in [0.2, 0.25) is 0 Å². The van der Waals surface area contributed by atoms with Crippen molar-refractivity contribution in [2.75, 3.05) is 6.61 Å². The minimum absolute atomic E-state index is 0.0458. The number of carbonyl (C=O) groups is 1. The molecule has 0 amide bonds. The fourth-order valence-corrected chi connectivity index (χ4v) is 1.24. The summed E-state index contributed by atoms with van der Waals surface area (Å²) in [5.41, 5.74) is -0.185. The molecule has 0 fully saturated rings. The highest BCUT2D eigenvalue weighted by atomic mass is 16.6. The van der Waals surface area contributed by atoms with E-state index in [4.69, 9.17) is 9.47 Å². The van der Waals surface area contributed by atoms with Gasteiger partial charge in [-0.3, -0.25) is 4.79 Å². The molecule has 3 nitrogen and oxygen atoms in total. The number of rotatable bonds is 6. The number of carbonyl (C=O) groups excluding carboxylic acids is 1. The summed E-state index contributed by atoms with van der Waals surface area (Å²) in [6.45, 7) is 10.3. The van der Waals surface area contributed by atoms with Gasteiger partial charge < -0.3 is 9.47 Å². The van der Waals surface area contributed by atoms with Gasteiger partial charge in [-0.2, -0.15) is 0 Å². The Bertz CT molecular complexity index is 182. The summed E-state index contributed by atoms with van der Waals surface area (Å²) in [7, 11) is 0. The van der Waals surface area contributed by atoms with E-state index in [1.54, 1.807) is 0 Å². The first-order valence-electron chi connectivity index (χ1n) is 5.68. The van der Waals surface area contributed by atoms with E-state index in [-0.39, 0.29) is 17.7 Å². The molecule has 15 heavy (non-hydrogen) atoms. The normalized spacial score (nSPS) is 13.7. The summed E-state index contributed by atoms with van der Waals surface area (Å²) in [6, 6.07) is 0. The zero-order valence-electron chi connectivity index (χ0n) is 10.6. The van der Waals surface area contributed by atoms with Crippen LogP contribution >= 0.6 is 0 Å². The SMILES string of the molecule is CCCCC(=O)OCC(C)OC(C)(C)C. The van der Waals surface area contributed by atoms with E-state index in [0.717, 1.165) is 12.8 Å².